The van der Waals surface area contributed by atoms with Crippen LogP contribution < -0.4 is 0 Å². The van der Waals surface area contributed by atoms with Crippen molar-refractivity contribution < 1.29 is 0 Å². The lowest BCUT2D eigenvalue weighted by Crippen LogP contribution is -1.81. The topological polar surface area (TPSA) is 0 Å². The highest BCUT2D eigenvalue weighted by molar-refractivity contribution is 9.14. The summed E-state index contributed by atoms with van der Waals surface area (Å²) in [5.41, 5.74) is 1.33. The highest BCUT2D eigenvalue weighted by Crippen LogP contribution is 2.32. The fourth-order valence-electron chi connectivity index (χ4n) is 0.812. The van der Waals surface area contributed by atoms with E-state index in [1.54, 1.807) is 0 Å². The van der Waals surface area contributed by atoms with Crippen LogP contribution in [0.15, 0.2) is 25.6 Å². The Kier molecular flexibility index (Phi) is 3.59. The molecule has 0 aromatic heterocycles. The van der Waals surface area contributed by atoms with Gasteiger partial charge in [0.15, 0.2) is 0 Å². The maximum atomic E-state index is 3.46. The van der Waals surface area contributed by atoms with Gasteiger partial charge in [-0.2, -0.15) is 0 Å². The van der Waals surface area contributed by atoms with Gasteiger partial charge in [0.05, 0.1) is 0 Å². The van der Waals surface area contributed by atoms with Gasteiger partial charge >= 0.3 is 0 Å². The zero-order valence-electron chi connectivity index (χ0n) is 6.00. The first-order chi connectivity index (χ1) is 5.15. The van der Waals surface area contributed by atoms with E-state index >= 15 is 0 Å². The van der Waals surface area contributed by atoms with Gasteiger partial charge in [-0.1, -0.05) is 6.92 Å². The van der Waals surface area contributed by atoms with Crippen molar-refractivity contribution in [3.8, 4) is 0 Å². The number of aryl methyl sites for hydroxylation is 1. The first kappa shape index (κ1) is 9.75. The molecule has 0 nitrogen and oxygen atoms in total. The Hall–Kier alpha value is 0.660. The van der Waals surface area contributed by atoms with Gasteiger partial charge in [-0.15, -0.1) is 0 Å². The minimum absolute atomic E-state index is 1.06. The van der Waals surface area contributed by atoms with E-state index in [4.69, 9.17) is 0 Å². The molecule has 1 aromatic rings. The summed E-state index contributed by atoms with van der Waals surface area (Å²) >= 11 is 10.4. The fourth-order valence-corrected chi connectivity index (χ4v) is 2.32. The van der Waals surface area contributed by atoms with E-state index in [0.29, 0.717) is 0 Å². The number of halogens is 3. The van der Waals surface area contributed by atoms with Crippen LogP contribution in [-0.2, 0) is 6.42 Å². The number of hydrogen-bond donors (Lipinski definition) is 0. The predicted octanol–water partition coefficient (Wildman–Crippen LogP) is 4.54. The Morgan fingerprint density at radius 2 is 1.55 bits per heavy atom. The van der Waals surface area contributed by atoms with Gasteiger partial charge in [0.2, 0.25) is 0 Å². The maximum Gasteiger partial charge on any atom is 0.0459 e. The normalized spacial score (nSPS) is 10.2. The van der Waals surface area contributed by atoms with E-state index in [2.05, 4.69) is 66.8 Å². The molecule has 1 rings (SSSR count). The summed E-state index contributed by atoms with van der Waals surface area (Å²) in [6.45, 7) is 2.14. The molecule has 3 heteroatoms. The van der Waals surface area contributed by atoms with Gasteiger partial charge in [0, 0.05) is 13.4 Å². The van der Waals surface area contributed by atoms with Crippen molar-refractivity contribution in [2.75, 3.05) is 0 Å². The molecule has 0 saturated heterocycles. The van der Waals surface area contributed by atoms with Crippen molar-refractivity contribution in [2.24, 2.45) is 0 Å². The Bertz CT molecular complexity index is 245. The van der Waals surface area contributed by atoms with E-state index in [1.165, 1.54) is 5.56 Å². The molecule has 0 aliphatic rings. The van der Waals surface area contributed by atoms with Crippen LogP contribution in [0.2, 0.25) is 0 Å². The van der Waals surface area contributed by atoms with Crippen LogP contribution in [0.1, 0.15) is 12.5 Å². The van der Waals surface area contributed by atoms with E-state index in [-0.39, 0.29) is 0 Å². The van der Waals surface area contributed by atoms with E-state index in [9.17, 15) is 0 Å². The average molecular weight is 343 g/mol. The highest BCUT2D eigenvalue weighted by atomic mass is 79.9. The molecule has 0 saturated carbocycles. The second kappa shape index (κ2) is 4.06. The van der Waals surface area contributed by atoms with E-state index in [0.717, 1.165) is 19.8 Å². The van der Waals surface area contributed by atoms with Crippen LogP contribution in [0.25, 0.3) is 0 Å². The molecule has 11 heavy (non-hydrogen) atoms. The van der Waals surface area contributed by atoms with Gasteiger partial charge in [0.25, 0.3) is 0 Å². The summed E-state index contributed by atoms with van der Waals surface area (Å²) in [5.74, 6) is 0. The highest BCUT2D eigenvalue weighted by Gasteiger charge is 2.02. The summed E-state index contributed by atoms with van der Waals surface area (Å²) in [5, 5.41) is 0. The minimum atomic E-state index is 1.06. The molecule has 0 spiro atoms. The Balaban J connectivity index is 3.21. The van der Waals surface area contributed by atoms with Gasteiger partial charge in [-0.25, -0.2) is 0 Å². The van der Waals surface area contributed by atoms with Crippen LogP contribution in [0.5, 0.6) is 0 Å². The Morgan fingerprint density at radius 1 is 1.09 bits per heavy atom. The lowest BCUT2D eigenvalue weighted by atomic mass is 10.2. The molecular formula is C8H7Br3. The smallest absolute Gasteiger partial charge is 0.0459 e. The second-order valence-electron chi connectivity index (χ2n) is 2.23. The largest absolute Gasteiger partial charge is 0.0613 e. The fraction of sp³-hybridized carbons (Fsp3) is 0.250. The molecule has 60 valence electrons. The number of rotatable bonds is 1. The van der Waals surface area contributed by atoms with Crippen LogP contribution >= 0.6 is 47.8 Å². The monoisotopic (exact) mass is 340 g/mol. The molecule has 0 amide bonds. The third-order valence-corrected chi connectivity index (χ3v) is 4.62. The van der Waals surface area contributed by atoms with Crippen molar-refractivity contribution in [1.82, 2.24) is 0 Å². The van der Waals surface area contributed by atoms with Crippen LogP contribution in [-0.4, -0.2) is 0 Å². The minimum Gasteiger partial charge on any atom is -0.0613 e. The predicted molar refractivity (Wildman–Crippen MR) is 58.9 cm³/mol. The van der Waals surface area contributed by atoms with Crippen molar-refractivity contribution in [3.63, 3.8) is 0 Å². The first-order valence-electron chi connectivity index (χ1n) is 3.28. The van der Waals surface area contributed by atoms with Crippen molar-refractivity contribution in [3.05, 3.63) is 31.1 Å². The third-order valence-electron chi connectivity index (χ3n) is 1.45. The SMILES string of the molecule is CCc1cc(Br)c(Br)c(Br)c1. The molecule has 0 radical (unpaired) electrons. The van der Waals surface area contributed by atoms with Crippen molar-refractivity contribution >= 4 is 47.8 Å². The number of hydrogen-bond acceptors (Lipinski definition) is 0. The summed E-state index contributed by atoms with van der Waals surface area (Å²) in [6, 6.07) is 4.24. The molecule has 0 aliphatic heterocycles. The quantitative estimate of drug-likeness (QED) is 0.657. The molecule has 0 fully saturated rings. The van der Waals surface area contributed by atoms with Gasteiger partial charge in [-0.3, -0.25) is 0 Å². The van der Waals surface area contributed by atoms with Gasteiger partial charge < -0.3 is 0 Å². The zero-order chi connectivity index (χ0) is 8.43. The van der Waals surface area contributed by atoms with Crippen LogP contribution in [0.4, 0.5) is 0 Å². The molecule has 1 aromatic carbocycles. The molecule has 0 aliphatic carbocycles. The van der Waals surface area contributed by atoms with Gasteiger partial charge in [-0.05, 0) is 71.9 Å². The molecular weight excluding hydrogens is 336 g/mol. The first-order valence-corrected chi connectivity index (χ1v) is 5.66. The lowest BCUT2D eigenvalue weighted by molar-refractivity contribution is 1.13. The molecule has 0 unspecified atom stereocenters. The van der Waals surface area contributed by atoms with E-state index < -0.39 is 0 Å². The summed E-state index contributed by atoms with van der Waals surface area (Å²) in [4.78, 5) is 0. The molecule has 0 atom stereocenters. The summed E-state index contributed by atoms with van der Waals surface area (Å²) in [6.07, 6.45) is 1.06. The zero-order valence-corrected chi connectivity index (χ0v) is 10.8. The number of benzene rings is 1. The third kappa shape index (κ3) is 2.30. The Morgan fingerprint density at radius 3 is 1.91 bits per heavy atom. The van der Waals surface area contributed by atoms with Crippen LogP contribution in [0, 0.1) is 0 Å². The molecule has 0 N–H and O–H groups in total. The summed E-state index contributed by atoms with van der Waals surface area (Å²) in [7, 11) is 0. The van der Waals surface area contributed by atoms with Crippen molar-refractivity contribution in [1.29, 1.82) is 0 Å². The average Bonchev–Trinajstić information content (AvgIpc) is 1.99. The standard InChI is InChI=1S/C8H7Br3/c1-2-5-3-6(9)8(11)7(10)4-5/h3-4H,2H2,1H3. The van der Waals surface area contributed by atoms with Crippen LogP contribution in [0.3, 0.4) is 0 Å². The molecule has 0 heterocycles. The summed E-state index contributed by atoms with van der Waals surface area (Å²) < 4.78 is 3.28. The Labute approximate surface area is 91.8 Å². The van der Waals surface area contributed by atoms with Crippen molar-refractivity contribution in [2.45, 2.75) is 13.3 Å². The lowest BCUT2D eigenvalue weighted by Gasteiger charge is -2.02. The second-order valence-corrected chi connectivity index (χ2v) is 4.73. The van der Waals surface area contributed by atoms with Gasteiger partial charge in [0.1, 0.15) is 0 Å². The maximum absolute atomic E-state index is 3.46. The van der Waals surface area contributed by atoms with E-state index in [1.807, 2.05) is 0 Å². The molecule has 0 bridgehead atoms.